The van der Waals surface area contributed by atoms with Crippen LogP contribution in [-0.2, 0) is 17.9 Å². The van der Waals surface area contributed by atoms with Crippen molar-refractivity contribution in [2.75, 3.05) is 44.7 Å². The highest BCUT2D eigenvalue weighted by Crippen LogP contribution is 2.19. The van der Waals surface area contributed by atoms with Crippen LogP contribution in [0.15, 0.2) is 78.9 Å². The number of nitrogens with one attached hydrogen (secondary N) is 1. The van der Waals surface area contributed by atoms with Gasteiger partial charge in [-0.05, 0) is 41.8 Å². The average molecular weight is 460 g/mol. The van der Waals surface area contributed by atoms with Crippen LogP contribution in [0.2, 0.25) is 0 Å². The zero-order valence-corrected chi connectivity index (χ0v) is 19.8. The van der Waals surface area contributed by atoms with E-state index >= 15 is 0 Å². The first kappa shape index (κ1) is 23.8. The van der Waals surface area contributed by atoms with E-state index in [1.54, 1.807) is 0 Å². The van der Waals surface area contributed by atoms with E-state index in [9.17, 15) is 4.79 Å². The first-order chi connectivity index (χ1) is 16.7. The number of para-hydroxylation sites is 1. The molecule has 1 aliphatic heterocycles. The summed E-state index contributed by atoms with van der Waals surface area (Å²) in [6.07, 6.45) is 0. The molecule has 6 nitrogen and oxygen atoms in total. The minimum Gasteiger partial charge on any atom is -0.489 e. The number of urea groups is 1. The fraction of sp³-hybridized carbons (Fsp3) is 0.321. The van der Waals surface area contributed by atoms with Crippen molar-refractivity contribution in [2.24, 2.45) is 0 Å². The summed E-state index contributed by atoms with van der Waals surface area (Å²) in [5.41, 5.74) is 4.04. The van der Waals surface area contributed by atoms with Gasteiger partial charge in [-0.3, -0.25) is 4.90 Å². The molecule has 1 N–H and O–H groups in total. The third-order valence-corrected chi connectivity index (χ3v) is 5.98. The fourth-order valence-corrected chi connectivity index (χ4v) is 3.94. The van der Waals surface area contributed by atoms with Gasteiger partial charge in [0.05, 0.1) is 13.2 Å². The predicted octanol–water partition coefficient (Wildman–Crippen LogP) is 4.94. The number of amides is 2. The number of carbonyl (C=O) groups excluding carboxylic acids is 1. The molecule has 6 heteroatoms. The molecule has 0 saturated carbocycles. The van der Waals surface area contributed by atoms with Crippen LogP contribution in [0.1, 0.15) is 16.7 Å². The van der Waals surface area contributed by atoms with Crippen molar-refractivity contribution in [3.8, 4) is 5.75 Å². The molecular formula is C28H33N3O3. The standard InChI is InChI=1S/C28H33N3O3/c1-23-8-5-6-13-27(23)29-28(32)31(15-14-30-16-18-33-19-17-30)21-25-11-7-12-26(20-25)34-22-24-9-3-2-4-10-24/h2-13,20H,14-19,21-22H2,1H3,(H,29,32). The van der Waals surface area contributed by atoms with E-state index in [1.165, 1.54) is 0 Å². The van der Waals surface area contributed by atoms with E-state index in [0.717, 1.165) is 61.0 Å². The second kappa shape index (κ2) is 12.2. The molecule has 0 radical (unpaired) electrons. The van der Waals surface area contributed by atoms with E-state index < -0.39 is 0 Å². The summed E-state index contributed by atoms with van der Waals surface area (Å²) in [5, 5.41) is 3.09. The zero-order valence-electron chi connectivity index (χ0n) is 19.8. The number of rotatable bonds is 9. The molecule has 0 aliphatic carbocycles. The van der Waals surface area contributed by atoms with Gasteiger partial charge in [0.15, 0.2) is 0 Å². The van der Waals surface area contributed by atoms with Crippen LogP contribution in [0.25, 0.3) is 0 Å². The van der Waals surface area contributed by atoms with Crippen molar-refractivity contribution < 1.29 is 14.3 Å². The lowest BCUT2D eigenvalue weighted by molar-refractivity contribution is 0.0349. The molecule has 0 aromatic heterocycles. The highest BCUT2D eigenvalue weighted by atomic mass is 16.5. The number of carbonyl (C=O) groups is 1. The van der Waals surface area contributed by atoms with Gasteiger partial charge in [-0.2, -0.15) is 0 Å². The lowest BCUT2D eigenvalue weighted by Gasteiger charge is -2.30. The number of benzene rings is 3. The van der Waals surface area contributed by atoms with Crippen molar-refractivity contribution in [3.05, 3.63) is 95.6 Å². The minimum atomic E-state index is -0.0989. The molecular weight excluding hydrogens is 426 g/mol. The largest absolute Gasteiger partial charge is 0.489 e. The van der Waals surface area contributed by atoms with Crippen LogP contribution in [0.5, 0.6) is 5.75 Å². The Morgan fingerprint density at radius 2 is 1.71 bits per heavy atom. The van der Waals surface area contributed by atoms with Gasteiger partial charge in [0, 0.05) is 38.4 Å². The Morgan fingerprint density at radius 1 is 0.971 bits per heavy atom. The average Bonchev–Trinajstić information content (AvgIpc) is 2.88. The van der Waals surface area contributed by atoms with E-state index in [0.29, 0.717) is 19.7 Å². The Bertz CT molecular complexity index is 1050. The Labute approximate surface area is 202 Å². The number of aryl methyl sites for hydroxylation is 1. The first-order valence-electron chi connectivity index (χ1n) is 11.8. The van der Waals surface area contributed by atoms with Crippen LogP contribution < -0.4 is 10.1 Å². The molecule has 1 fully saturated rings. The molecule has 1 saturated heterocycles. The first-order valence-corrected chi connectivity index (χ1v) is 11.8. The van der Waals surface area contributed by atoms with Crippen molar-refractivity contribution >= 4 is 11.7 Å². The molecule has 1 heterocycles. The van der Waals surface area contributed by atoms with Gasteiger partial charge in [-0.15, -0.1) is 0 Å². The van der Waals surface area contributed by atoms with Gasteiger partial charge < -0.3 is 19.7 Å². The molecule has 4 rings (SSSR count). The van der Waals surface area contributed by atoms with Crippen molar-refractivity contribution in [2.45, 2.75) is 20.1 Å². The SMILES string of the molecule is Cc1ccccc1NC(=O)N(CCN1CCOCC1)Cc1cccc(OCc2ccccc2)c1. The van der Waals surface area contributed by atoms with Gasteiger partial charge >= 0.3 is 6.03 Å². The molecule has 0 atom stereocenters. The lowest BCUT2D eigenvalue weighted by Crippen LogP contribution is -2.44. The van der Waals surface area contributed by atoms with Gasteiger partial charge in [0.1, 0.15) is 12.4 Å². The van der Waals surface area contributed by atoms with Crippen LogP contribution in [-0.4, -0.2) is 55.2 Å². The molecule has 0 bridgehead atoms. The van der Waals surface area contributed by atoms with Crippen LogP contribution >= 0.6 is 0 Å². The third-order valence-electron chi connectivity index (χ3n) is 5.98. The fourth-order valence-electron chi connectivity index (χ4n) is 3.94. The topological polar surface area (TPSA) is 54.0 Å². The maximum Gasteiger partial charge on any atom is 0.322 e. The van der Waals surface area contributed by atoms with Crippen molar-refractivity contribution in [1.29, 1.82) is 0 Å². The molecule has 0 spiro atoms. The van der Waals surface area contributed by atoms with Gasteiger partial charge in [0.2, 0.25) is 0 Å². The number of nitrogens with zero attached hydrogens (tertiary/aromatic N) is 2. The molecule has 3 aromatic rings. The van der Waals surface area contributed by atoms with Crippen molar-refractivity contribution in [1.82, 2.24) is 9.80 Å². The normalized spacial score (nSPS) is 13.9. The smallest absolute Gasteiger partial charge is 0.322 e. The summed E-state index contributed by atoms with van der Waals surface area (Å²) in [4.78, 5) is 17.5. The predicted molar refractivity (Wildman–Crippen MR) is 135 cm³/mol. The highest BCUT2D eigenvalue weighted by molar-refractivity contribution is 5.90. The van der Waals surface area contributed by atoms with Crippen LogP contribution in [0, 0.1) is 6.92 Å². The van der Waals surface area contributed by atoms with Gasteiger partial charge in [0.25, 0.3) is 0 Å². The quantitative estimate of drug-likeness (QED) is 0.492. The monoisotopic (exact) mass is 459 g/mol. The zero-order chi connectivity index (χ0) is 23.6. The number of ether oxygens (including phenoxy) is 2. The van der Waals surface area contributed by atoms with E-state index in [1.807, 2.05) is 90.7 Å². The molecule has 0 unspecified atom stereocenters. The Balaban J connectivity index is 1.43. The molecule has 3 aromatic carbocycles. The summed E-state index contributed by atoms with van der Waals surface area (Å²) < 4.78 is 11.5. The summed E-state index contributed by atoms with van der Waals surface area (Å²) in [5.74, 6) is 0.800. The number of hydrogen-bond donors (Lipinski definition) is 1. The van der Waals surface area contributed by atoms with Crippen molar-refractivity contribution in [3.63, 3.8) is 0 Å². The lowest BCUT2D eigenvalue weighted by atomic mass is 10.2. The number of anilines is 1. The highest BCUT2D eigenvalue weighted by Gasteiger charge is 2.18. The minimum absolute atomic E-state index is 0.0989. The second-order valence-corrected chi connectivity index (χ2v) is 8.54. The summed E-state index contributed by atoms with van der Waals surface area (Å²) in [6, 6.07) is 25.9. The van der Waals surface area contributed by atoms with E-state index in [-0.39, 0.29) is 6.03 Å². The number of hydrogen-bond acceptors (Lipinski definition) is 4. The maximum atomic E-state index is 13.3. The van der Waals surface area contributed by atoms with Gasteiger partial charge in [-0.25, -0.2) is 4.79 Å². The third kappa shape index (κ3) is 7.07. The Morgan fingerprint density at radius 3 is 2.50 bits per heavy atom. The molecule has 1 aliphatic rings. The summed E-state index contributed by atoms with van der Waals surface area (Å²) in [7, 11) is 0. The number of morpholine rings is 1. The summed E-state index contributed by atoms with van der Waals surface area (Å²) >= 11 is 0. The Kier molecular flexibility index (Phi) is 8.54. The maximum absolute atomic E-state index is 13.3. The molecule has 34 heavy (non-hydrogen) atoms. The Hall–Kier alpha value is -3.35. The second-order valence-electron chi connectivity index (χ2n) is 8.54. The van der Waals surface area contributed by atoms with E-state index in [4.69, 9.17) is 9.47 Å². The summed E-state index contributed by atoms with van der Waals surface area (Å²) in [6.45, 7) is 7.75. The van der Waals surface area contributed by atoms with Crippen LogP contribution in [0.4, 0.5) is 10.5 Å². The molecule has 178 valence electrons. The van der Waals surface area contributed by atoms with Gasteiger partial charge in [-0.1, -0.05) is 60.7 Å². The van der Waals surface area contributed by atoms with E-state index in [2.05, 4.69) is 10.2 Å². The van der Waals surface area contributed by atoms with Crippen LogP contribution in [0.3, 0.4) is 0 Å². The molecule has 2 amide bonds.